The number of hydrogen-bond donors (Lipinski definition) is 2. The summed E-state index contributed by atoms with van der Waals surface area (Å²) >= 11 is 0. The van der Waals surface area contributed by atoms with Gasteiger partial charge >= 0.3 is 0 Å². The van der Waals surface area contributed by atoms with Crippen LogP contribution in [0.25, 0.3) is 16.6 Å². The fourth-order valence-corrected chi connectivity index (χ4v) is 5.20. The summed E-state index contributed by atoms with van der Waals surface area (Å²) < 4.78 is 7.30. The number of benzene rings is 1. The van der Waals surface area contributed by atoms with Crippen LogP contribution in [0.15, 0.2) is 36.5 Å². The molecule has 0 amide bonds. The van der Waals surface area contributed by atoms with Gasteiger partial charge in [-0.25, -0.2) is 9.50 Å². The van der Waals surface area contributed by atoms with E-state index in [-0.39, 0.29) is 0 Å². The molecule has 2 aromatic heterocycles. The molecule has 1 aliphatic carbocycles. The molecule has 190 valence electrons. The van der Waals surface area contributed by atoms with Crippen LogP contribution < -0.4 is 10.6 Å². The van der Waals surface area contributed by atoms with Gasteiger partial charge in [-0.2, -0.15) is 0 Å². The molecule has 2 N–H and O–H groups in total. The van der Waals surface area contributed by atoms with E-state index in [1.807, 2.05) is 20.0 Å². The second kappa shape index (κ2) is 13.0. The first-order chi connectivity index (χ1) is 17.3. The maximum Gasteiger partial charge on any atom is 0.241 e. The van der Waals surface area contributed by atoms with Crippen LogP contribution in [-0.4, -0.2) is 65.9 Å². The van der Waals surface area contributed by atoms with Gasteiger partial charge in [0.05, 0.1) is 18.3 Å². The van der Waals surface area contributed by atoms with Gasteiger partial charge in [0.25, 0.3) is 0 Å². The van der Waals surface area contributed by atoms with Crippen molar-refractivity contribution in [2.24, 2.45) is 0 Å². The summed E-state index contributed by atoms with van der Waals surface area (Å²) in [5.74, 6) is 1.22. The summed E-state index contributed by atoms with van der Waals surface area (Å²) in [5.41, 5.74) is 6.25. The van der Waals surface area contributed by atoms with E-state index in [0.717, 1.165) is 38.2 Å². The van der Waals surface area contributed by atoms with Crippen LogP contribution in [0.2, 0.25) is 0 Å². The Hall–Kier alpha value is -2.48. The van der Waals surface area contributed by atoms with Gasteiger partial charge in [0.1, 0.15) is 0 Å². The third-order valence-corrected chi connectivity index (χ3v) is 7.04. The van der Waals surface area contributed by atoms with Gasteiger partial charge in [0.2, 0.25) is 5.95 Å². The fraction of sp³-hybridized carbons (Fsp3) is 0.571. The van der Waals surface area contributed by atoms with E-state index in [2.05, 4.69) is 55.4 Å². The average molecular weight is 479 g/mol. The molecule has 7 nitrogen and oxygen atoms in total. The Bertz CT molecular complexity index is 1040. The number of ether oxygens (including phenoxy) is 1. The van der Waals surface area contributed by atoms with E-state index in [4.69, 9.17) is 9.84 Å². The summed E-state index contributed by atoms with van der Waals surface area (Å²) in [7, 11) is 1.71. The molecule has 0 unspecified atom stereocenters. The summed E-state index contributed by atoms with van der Waals surface area (Å²) in [5, 5.41) is 11.6. The van der Waals surface area contributed by atoms with Crippen LogP contribution in [0, 0.1) is 0 Å². The Kier molecular flexibility index (Phi) is 9.51. The maximum atomic E-state index is 5.16. The van der Waals surface area contributed by atoms with Gasteiger partial charge in [0, 0.05) is 63.6 Å². The highest BCUT2D eigenvalue weighted by molar-refractivity contribution is 5.81. The Morgan fingerprint density at radius 2 is 1.80 bits per heavy atom. The lowest BCUT2D eigenvalue weighted by molar-refractivity contribution is 0.210. The minimum absolute atomic E-state index is 0.564. The van der Waals surface area contributed by atoms with Crippen LogP contribution >= 0.6 is 0 Å². The highest BCUT2D eigenvalue weighted by Crippen LogP contribution is 2.37. The fourth-order valence-electron chi connectivity index (χ4n) is 5.20. The number of methoxy groups -OCH3 is 1. The molecule has 7 heteroatoms. The molecule has 5 rings (SSSR count). The zero-order valence-electron chi connectivity index (χ0n) is 21.7. The van der Waals surface area contributed by atoms with Crippen molar-refractivity contribution < 1.29 is 4.74 Å². The van der Waals surface area contributed by atoms with Crippen molar-refractivity contribution in [1.29, 1.82) is 0 Å². The highest BCUT2D eigenvalue weighted by atomic mass is 16.5. The van der Waals surface area contributed by atoms with E-state index in [9.17, 15) is 0 Å². The largest absolute Gasteiger partial charge is 0.383 e. The number of piperazine rings is 1. The molecule has 2 aliphatic rings. The van der Waals surface area contributed by atoms with Crippen LogP contribution in [0.5, 0.6) is 0 Å². The van der Waals surface area contributed by atoms with Gasteiger partial charge in [-0.3, -0.25) is 4.90 Å². The van der Waals surface area contributed by atoms with Crippen molar-refractivity contribution in [2.75, 3.05) is 51.8 Å². The summed E-state index contributed by atoms with van der Waals surface area (Å²) in [6.45, 7) is 10.8. The quantitative estimate of drug-likeness (QED) is 0.448. The predicted molar refractivity (Wildman–Crippen MR) is 144 cm³/mol. The lowest BCUT2D eigenvalue weighted by Crippen LogP contribution is -2.42. The van der Waals surface area contributed by atoms with E-state index < -0.39 is 0 Å². The van der Waals surface area contributed by atoms with E-state index in [1.165, 1.54) is 54.5 Å². The Morgan fingerprint density at radius 3 is 2.51 bits per heavy atom. The molecule has 0 spiro atoms. The first-order valence-electron chi connectivity index (χ1n) is 13.5. The molecule has 1 aliphatic heterocycles. The van der Waals surface area contributed by atoms with Crippen molar-refractivity contribution in [1.82, 2.24) is 24.8 Å². The second-order valence-electron chi connectivity index (χ2n) is 9.34. The SMILES string of the molecule is CC.COCCNc1ncc2c(-c3ccc(CN4CCNCC4)cc3)cc(C3CCCCC3)n2n1. The van der Waals surface area contributed by atoms with Gasteiger partial charge in [-0.15, -0.1) is 5.10 Å². The smallest absolute Gasteiger partial charge is 0.241 e. The minimum Gasteiger partial charge on any atom is -0.383 e. The number of hydrogen-bond acceptors (Lipinski definition) is 6. The second-order valence-corrected chi connectivity index (χ2v) is 9.34. The third kappa shape index (κ3) is 6.40. The standard InChI is InChI=1S/C26H36N6O.C2H6/c1-33-16-13-28-26-29-18-25-23(17-24(32(25)30-26)22-5-3-2-4-6-22)21-9-7-20(8-10-21)19-31-14-11-27-12-15-31;1-2/h7-10,17-18,22,27H,2-6,11-16,19H2,1H3,(H,28,30);1-2H3. The molecule has 35 heavy (non-hydrogen) atoms. The van der Waals surface area contributed by atoms with Crippen molar-refractivity contribution in [3.05, 3.63) is 47.8 Å². The predicted octanol–water partition coefficient (Wildman–Crippen LogP) is 4.93. The number of nitrogens with zero attached hydrogens (tertiary/aromatic N) is 4. The van der Waals surface area contributed by atoms with Crippen LogP contribution in [0.4, 0.5) is 5.95 Å². The zero-order valence-corrected chi connectivity index (χ0v) is 21.7. The van der Waals surface area contributed by atoms with Crippen LogP contribution in [0.1, 0.15) is 63.1 Å². The molecule has 1 saturated heterocycles. The summed E-state index contributed by atoms with van der Waals surface area (Å²) in [6, 6.07) is 11.5. The van der Waals surface area contributed by atoms with E-state index in [0.29, 0.717) is 25.0 Å². The average Bonchev–Trinajstić information content (AvgIpc) is 3.30. The zero-order chi connectivity index (χ0) is 24.5. The normalized spacial score (nSPS) is 17.2. The molecular weight excluding hydrogens is 436 g/mol. The van der Waals surface area contributed by atoms with Gasteiger partial charge in [-0.1, -0.05) is 57.4 Å². The molecule has 3 aromatic rings. The topological polar surface area (TPSA) is 66.7 Å². The molecule has 1 aromatic carbocycles. The molecule has 1 saturated carbocycles. The number of rotatable bonds is 8. The van der Waals surface area contributed by atoms with Crippen molar-refractivity contribution in [3.8, 4) is 11.1 Å². The van der Waals surface area contributed by atoms with E-state index >= 15 is 0 Å². The van der Waals surface area contributed by atoms with Crippen molar-refractivity contribution >= 4 is 11.5 Å². The first-order valence-corrected chi connectivity index (χ1v) is 13.5. The monoisotopic (exact) mass is 478 g/mol. The Morgan fingerprint density at radius 1 is 1.06 bits per heavy atom. The number of anilines is 1. The number of aromatic nitrogens is 3. The number of fused-ring (bicyclic) bond motifs is 1. The molecular formula is C28H42N6O. The van der Waals surface area contributed by atoms with Gasteiger partial charge in [-0.05, 0) is 30.0 Å². The van der Waals surface area contributed by atoms with Crippen LogP contribution in [0.3, 0.4) is 0 Å². The number of nitrogens with one attached hydrogen (secondary N) is 2. The Labute approximate surface area is 210 Å². The van der Waals surface area contributed by atoms with Gasteiger partial charge in [0.15, 0.2) is 0 Å². The molecule has 0 radical (unpaired) electrons. The maximum absolute atomic E-state index is 5.16. The lowest BCUT2D eigenvalue weighted by atomic mass is 9.87. The first kappa shape index (κ1) is 25.6. The lowest BCUT2D eigenvalue weighted by Gasteiger charge is -2.27. The summed E-state index contributed by atoms with van der Waals surface area (Å²) in [4.78, 5) is 7.13. The summed E-state index contributed by atoms with van der Waals surface area (Å²) in [6.07, 6.45) is 8.41. The van der Waals surface area contributed by atoms with Crippen molar-refractivity contribution in [2.45, 2.75) is 58.4 Å². The molecule has 0 bridgehead atoms. The molecule has 2 fully saturated rings. The third-order valence-electron chi connectivity index (χ3n) is 7.04. The minimum atomic E-state index is 0.564. The highest BCUT2D eigenvalue weighted by Gasteiger charge is 2.22. The molecule has 0 atom stereocenters. The van der Waals surface area contributed by atoms with E-state index in [1.54, 1.807) is 7.11 Å². The van der Waals surface area contributed by atoms with Crippen molar-refractivity contribution in [3.63, 3.8) is 0 Å². The Balaban J connectivity index is 0.00000141. The van der Waals surface area contributed by atoms with Crippen LogP contribution in [-0.2, 0) is 11.3 Å². The van der Waals surface area contributed by atoms with Gasteiger partial charge < -0.3 is 15.4 Å². The molecule has 3 heterocycles.